The van der Waals surface area contributed by atoms with Crippen molar-refractivity contribution in [1.29, 1.82) is 0 Å². The van der Waals surface area contributed by atoms with Crippen LogP contribution >= 0.6 is 11.3 Å². The summed E-state index contributed by atoms with van der Waals surface area (Å²) in [4.78, 5) is 13.7. The molecule has 122 valence electrons. The van der Waals surface area contributed by atoms with Crippen LogP contribution in [0.4, 0.5) is 0 Å². The lowest BCUT2D eigenvalue weighted by Crippen LogP contribution is -2.35. The van der Waals surface area contributed by atoms with Crippen LogP contribution < -0.4 is 14.8 Å². The molecular weight excluding hydrogens is 310 g/mol. The molecule has 1 aliphatic rings. The summed E-state index contributed by atoms with van der Waals surface area (Å²) in [5, 5.41) is 5.11. The van der Waals surface area contributed by atoms with E-state index in [1.165, 1.54) is 4.88 Å². The lowest BCUT2D eigenvalue weighted by Gasteiger charge is -2.15. The molecule has 1 fully saturated rings. The van der Waals surface area contributed by atoms with Gasteiger partial charge in [-0.25, -0.2) is 0 Å². The molecular formula is C18H21NO3S. The van der Waals surface area contributed by atoms with Gasteiger partial charge in [0.2, 0.25) is 5.91 Å². The normalized spacial score (nSPS) is 15.0. The zero-order valence-electron chi connectivity index (χ0n) is 13.4. The summed E-state index contributed by atoms with van der Waals surface area (Å²) >= 11 is 1.66. The molecule has 1 aromatic heterocycles. The topological polar surface area (TPSA) is 47.6 Å². The van der Waals surface area contributed by atoms with E-state index < -0.39 is 0 Å². The third-order valence-electron chi connectivity index (χ3n) is 4.34. The Morgan fingerprint density at radius 1 is 1.26 bits per heavy atom. The number of benzene rings is 1. The van der Waals surface area contributed by atoms with Gasteiger partial charge in [-0.3, -0.25) is 4.79 Å². The summed E-state index contributed by atoms with van der Waals surface area (Å²) in [6.45, 7) is 0.593. The number of methoxy groups -OCH3 is 2. The molecule has 23 heavy (non-hydrogen) atoms. The van der Waals surface area contributed by atoms with E-state index in [0.717, 1.165) is 29.9 Å². The highest BCUT2D eigenvalue weighted by atomic mass is 32.1. The third kappa shape index (κ3) is 3.20. The van der Waals surface area contributed by atoms with Crippen LogP contribution in [0.3, 0.4) is 0 Å². The van der Waals surface area contributed by atoms with Gasteiger partial charge < -0.3 is 14.8 Å². The van der Waals surface area contributed by atoms with Gasteiger partial charge in [0.1, 0.15) is 11.5 Å². The maximum atomic E-state index is 12.5. The number of amides is 1. The number of rotatable bonds is 7. The second kappa shape index (κ2) is 6.62. The molecule has 0 atom stereocenters. The molecule has 2 aromatic rings. The van der Waals surface area contributed by atoms with Gasteiger partial charge in [0.15, 0.2) is 0 Å². The zero-order valence-corrected chi connectivity index (χ0v) is 14.2. The van der Waals surface area contributed by atoms with Crippen molar-refractivity contribution < 1.29 is 14.3 Å². The Kier molecular flexibility index (Phi) is 4.57. The fourth-order valence-corrected chi connectivity index (χ4v) is 3.80. The Hall–Kier alpha value is -2.01. The monoisotopic (exact) mass is 331 g/mol. The SMILES string of the molecule is COc1ccc(OC)c(CCNC(=O)C2(c3cccs3)CC2)c1. The Morgan fingerprint density at radius 3 is 2.70 bits per heavy atom. The van der Waals surface area contributed by atoms with Crippen molar-refractivity contribution in [3.8, 4) is 11.5 Å². The zero-order chi connectivity index (χ0) is 16.3. The molecule has 0 unspecified atom stereocenters. The van der Waals surface area contributed by atoms with Crippen LogP contribution in [-0.4, -0.2) is 26.7 Å². The van der Waals surface area contributed by atoms with Gasteiger partial charge in [-0.05, 0) is 54.5 Å². The van der Waals surface area contributed by atoms with Crippen molar-refractivity contribution in [2.24, 2.45) is 0 Å². The lowest BCUT2D eigenvalue weighted by molar-refractivity contribution is -0.123. The maximum absolute atomic E-state index is 12.5. The van der Waals surface area contributed by atoms with Gasteiger partial charge in [0, 0.05) is 11.4 Å². The molecule has 1 amide bonds. The lowest BCUT2D eigenvalue weighted by atomic mass is 10.0. The Bertz CT molecular complexity index is 678. The smallest absolute Gasteiger partial charge is 0.231 e. The molecule has 0 aliphatic heterocycles. The first-order valence-corrected chi connectivity index (χ1v) is 8.61. The average molecular weight is 331 g/mol. The number of carbonyl (C=O) groups excluding carboxylic acids is 1. The van der Waals surface area contributed by atoms with E-state index in [4.69, 9.17) is 9.47 Å². The van der Waals surface area contributed by atoms with Crippen molar-refractivity contribution in [3.05, 3.63) is 46.2 Å². The average Bonchev–Trinajstić information content (AvgIpc) is 3.21. The second-order valence-corrected chi connectivity index (χ2v) is 6.69. The molecule has 1 heterocycles. The predicted molar refractivity (Wildman–Crippen MR) is 91.5 cm³/mol. The van der Waals surface area contributed by atoms with Crippen LogP contribution in [0.2, 0.25) is 0 Å². The van der Waals surface area contributed by atoms with Gasteiger partial charge in [0.25, 0.3) is 0 Å². The summed E-state index contributed by atoms with van der Waals surface area (Å²) < 4.78 is 10.6. The second-order valence-electron chi connectivity index (χ2n) is 5.74. The quantitative estimate of drug-likeness (QED) is 0.848. The number of ether oxygens (including phenoxy) is 2. The molecule has 0 radical (unpaired) electrons. The molecule has 4 nitrogen and oxygen atoms in total. The minimum atomic E-state index is -0.271. The highest BCUT2D eigenvalue weighted by Gasteiger charge is 2.51. The van der Waals surface area contributed by atoms with E-state index >= 15 is 0 Å². The largest absolute Gasteiger partial charge is 0.497 e. The van der Waals surface area contributed by atoms with Gasteiger partial charge >= 0.3 is 0 Å². The molecule has 0 saturated heterocycles. The molecule has 1 aromatic carbocycles. The van der Waals surface area contributed by atoms with Gasteiger partial charge in [-0.15, -0.1) is 11.3 Å². The fraction of sp³-hybridized carbons (Fsp3) is 0.389. The summed E-state index contributed by atoms with van der Waals surface area (Å²) in [6.07, 6.45) is 2.61. The van der Waals surface area contributed by atoms with E-state index in [1.54, 1.807) is 25.6 Å². The van der Waals surface area contributed by atoms with Crippen LogP contribution in [0.5, 0.6) is 11.5 Å². The molecule has 0 bridgehead atoms. The van der Waals surface area contributed by atoms with E-state index in [-0.39, 0.29) is 11.3 Å². The number of carbonyl (C=O) groups is 1. The van der Waals surface area contributed by atoms with Crippen molar-refractivity contribution in [2.75, 3.05) is 20.8 Å². The van der Waals surface area contributed by atoms with Crippen molar-refractivity contribution >= 4 is 17.2 Å². The van der Waals surface area contributed by atoms with Crippen LogP contribution in [0, 0.1) is 0 Å². The Balaban J connectivity index is 1.61. The van der Waals surface area contributed by atoms with Gasteiger partial charge in [-0.1, -0.05) is 6.07 Å². The number of hydrogen-bond acceptors (Lipinski definition) is 4. The van der Waals surface area contributed by atoms with Crippen LogP contribution in [0.15, 0.2) is 35.7 Å². The molecule has 1 saturated carbocycles. The van der Waals surface area contributed by atoms with Crippen molar-refractivity contribution in [2.45, 2.75) is 24.7 Å². The summed E-state index contributed by atoms with van der Waals surface area (Å²) in [6, 6.07) is 9.79. The fourth-order valence-electron chi connectivity index (χ4n) is 2.82. The molecule has 0 spiro atoms. The maximum Gasteiger partial charge on any atom is 0.231 e. The Morgan fingerprint density at radius 2 is 2.09 bits per heavy atom. The van der Waals surface area contributed by atoms with E-state index in [2.05, 4.69) is 11.4 Å². The summed E-state index contributed by atoms with van der Waals surface area (Å²) in [5.74, 6) is 1.76. The number of nitrogens with one attached hydrogen (secondary N) is 1. The first-order chi connectivity index (χ1) is 11.2. The van der Waals surface area contributed by atoms with E-state index in [1.807, 2.05) is 29.6 Å². The molecule has 1 N–H and O–H groups in total. The van der Waals surface area contributed by atoms with Crippen LogP contribution in [0.25, 0.3) is 0 Å². The van der Waals surface area contributed by atoms with E-state index in [9.17, 15) is 4.79 Å². The molecule has 1 aliphatic carbocycles. The van der Waals surface area contributed by atoms with Crippen LogP contribution in [-0.2, 0) is 16.6 Å². The highest BCUT2D eigenvalue weighted by molar-refractivity contribution is 7.10. The molecule has 3 rings (SSSR count). The Labute approximate surface area is 140 Å². The van der Waals surface area contributed by atoms with Gasteiger partial charge in [0.05, 0.1) is 19.6 Å². The standard InChI is InChI=1S/C18H21NO3S/c1-21-14-5-6-15(22-2)13(12-14)7-10-19-17(20)18(8-9-18)16-4-3-11-23-16/h3-6,11-12H,7-10H2,1-2H3,(H,19,20). The van der Waals surface area contributed by atoms with Crippen molar-refractivity contribution in [1.82, 2.24) is 5.32 Å². The minimum Gasteiger partial charge on any atom is -0.497 e. The summed E-state index contributed by atoms with van der Waals surface area (Å²) in [7, 11) is 3.30. The third-order valence-corrected chi connectivity index (χ3v) is 5.42. The van der Waals surface area contributed by atoms with Crippen LogP contribution in [0.1, 0.15) is 23.3 Å². The number of hydrogen-bond donors (Lipinski definition) is 1. The predicted octanol–water partition coefficient (Wildman–Crippen LogP) is 3.16. The van der Waals surface area contributed by atoms with E-state index in [0.29, 0.717) is 13.0 Å². The van der Waals surface area contributed by atoms with Crippen molar-refractivity contribution in [3.63, 3.8) is 0 Å². The van der Waals surface area contributed by atoms with Gasteiger partial charge in [-0.2, -0.15) is 0 Å². The molecule has 5 heteroatoms. The first kappa shape index (κ1) is 15.9. The number of thiophene rings is 1. The first-order valence-electron chi connectivity index (χ1n) is 7.73. The highest BCUT2D eigenvalue weighted by Crippen LogP contribution is 2.50. The minimum absolute atomic E-state index is 0.141. The summed E-state index contributed by atoms with van der Waals surface area (Å²) in [5.41, 5.74) is 0.764.